The molecule has 0 aromatic carbocycles. The first-order valence-electron chi connectivity index (χ1n) is 13.3. The Kier molecular flexibility index (Phi) is 8.11. The standard InChI is InChI=1S/C25H46O2P2/c26-28(22-13-5-1-6-14-22,23-15-7-2-8-16-23)21-29(27,24-17-9-3-10-18-24)25-19-11-4-12-20-25/h22-25H,1-21H2. The van der Waals surface area contributed by atoms with Crippen LogP contribution in [0.25, 0.3) is 0 Å². The lowest BCUT2D eigenvalue weighted by Crippen LogP contribution is -2.30. The molecule has 0 saturated heterocycles. The molecule has 29 heavy (non-hydrogen) atoms. The zero-order chi connectivity index (χ0) is 20.2. The van der Waals surface area contributed by atoms with E-state index in [2.05, 4.69) is 0 Å². The van der Waals surface area contributed by atoms with Crippen LogP contribution in [0.5, 0.6) is 0 Å². The second-order valence-corrected chi connectivity index (χ2v) is 18.5. The van der Waals surface area contributed by atoms with Gasteiger partial charge in [0.15, 0.2) is 0 Å². The first-order valence-corrected chi connectivity index (χ1v) is 17.4. The van der Waals surface area contributed by atoms with Gasteiger partial charge in [0.1, 0.15) is 14.3 Å². The molecular weight excluding hydrogens is 394 g/mol. The molecule has 0 heterocycles. The minimum Gasteiger partial charge on any atom is -0.323 e. The second kappa shape index (κ2) is 10.4. The zero-order valence-corrected chi connectivity index (χ0v) is 20.7. The largest absolute Gasteiger partial charge is 0.323 e. The number of rotatable bonds is 6. The monoisotopic (exact) mass is 440 g/mol. The molecule has 0 N–H and O–H groups in total. The van der Waals surface area contributed by atoms with Crippen LogP contribution in [0.1, 0.15) is 128 Å². The van der Waals surface area contributed by atoms with Crippen LogP contribution in [-0.4, -0.2) is 28.5 Å². The fourth-order valence-corrected chi connectivity index (χ4v) is 20.1. The Morgan fingerprint density at radius 1 is 0.379 bits per heavy atom. The van der Waals surface area contributed by atoms with Crippen LogP contribution < -0.4 is 0 Å². The lowest BCUT2D eigenvalue weighted by Gasteiger charge is -2.44. The van der Waals surface area contributed by atoms with Gasteiger partial charge in [-0.05, 0) is 51.4 Å². The predicted molar refractivity (Wildman–Crippen MR) is 128 cm³/mol. The number of hydrogen-bond donors (Lipinski definition) is 0. The van der Waals surface area contributed by atoms with Crippen molar-refractivity contribution in [1.82, 2.24) is 0 Å². The van der Waals surface area contributed by atoms with Crippen molar-refractivity contribution in [3.63, 3.8) is 0 Å². The maximum absolute atomic E-state index is 15.1. The first kappa shape index (κ1) is 22.6. The summed E-state index contributed by atoms with van der Waals surface area (Å²) in [4.78, 5) is 0. The fraction of sp³-hybridized carbons (Fsp3) is 1.00. The molecule has 4 rings (SSSR count). The molecule has 0 amide bonds. The van der Waals surface area contributed by atoms with Gasteiger partial charge >= 0.3 is 0 Å². The van der Waals surface area contributed by atoms with Crippen LogP contribution >= 0.6 is 14.3 Å². The molecule has 0 atom stereocenters. The van der Waals surface area contributed by atoms with Gasteiger partial charge in [0.2, 0.25) is 0 Å². The third-order valence-electron chi connectivity index (χ3n) is 9.21. The van der Waals surface area contributed by atoms with E-state index in [1.54, 1.807) is 0 Å². The molecule has 0 aromatic rings. The molecule has 168 valence electrons. The van der Waals surface area contributed by atoms with E-state index >= 15 is 9.13 Å². The average Bonchev–Trinajstić information content (AvgIpc) is 2.81. The summed E-state index contributed by atoms with van der Waals surface area (Å²) in [6.07, 6.45) is 24.8. The van der Waals surface area contributed by atoms with Gasteiger partial charge in [0, 0.05) is 22.6 Å². The first-order chi connectivity index (χ1) is 14.1. The van der Waals surface area contributed by atoms with Gasteiger partial charge in [-0.1, -0.05) is 77.0 Å². The van der Waals surface area contributed by atoms with Crippen LogP contribution in [0.3, 0.4) is 0 Å². The molecule has 0 bridgehead atoms. The summed E-state index contributed by atoms with van der Waals surface area (Å²) in [7, 11) is -4.78. The highest BCUT2D eigenvalue weighted by atomic mass is 31.2. The summed E-state index contributed by atoms with van der Waals surface area (Å²) in [5.41, 5.74) is 1.67. The topological polar surface area (TPSA) is 34.1 Å². The summed E-state index contributed by atoms with van der Waals surface area (Å²) >= 11 is 0. The van der Waals surface area contributed by atoms with E-state index in [-0.39, 0.29) is 0 Å². The lowest BCUT2D eigenvalue weighted by molar-refractivity contribution is 0.440. The maximum Gasteiger partial charge on any atom is 0.101 e. The van der Waals surface area contributed by atoms with Gasteiger partial charge in [0.05, 0.1) is 5.90 Å². The highest BCUT2D eigenvalue weighted by molar-refractivity contribution is 7.82. The fourth-order valence-electron chi connectivity index (χ4n) is 7.48. The van der Waals surface area contributed by atoms with E-state index in [9.17, 15) is 0 Å². The normalized spacial score (nSPS) is 27.9. The summed E-state index contributed by atoms with van der Waals surface area (Å²) in [6.45, 7) is 0. The second-order valence-electron chi connectivity index (χ2n) is 11.0. The average molecular weight is 441 g/mol. The maximum atomic E-state index is 15.1. The minimum atomic E-state index is -2.39. The molecule has 4 aliphatic carbocycles. The quantitative estimate of drug-likeness (QED) is 0.386. The molecule has 4 fully saturated rings. The van der Waals surface area contributed by atoms with Gasteiger partial charge in [-0.3, -0.25) is 0 Å². The SMILES string of the molecule is O=P(CP(=O)(C1CCCCC1)C1CCCCC1)(C1CCCCC1)C1CCCCC1. The Bertz CT molecular complexity index is 496. The van der Waals surface area contributed by atoms with Gasteiger partial charge < -0.3 is 9.13 Å². The van der Waals surface area contributed by atoms with Crippen molar-refractivity contribution in [2.24, 2.45) is 0 Å². The van der Waals surface area contributed by atoms with E-state index in [0.717, 1.165) is 0 Å². The van der Waals surface area contributed by atoms with Gasteiger partial charge in [0.25, 0.3) is 0 Å². The van der Waals surface area contributed by atoms with Crippen molar-refractivity contribution in [2.75, 3.05) is 5.90 Å². The van der Waals surface area contributed by atoms with Crippen LogP contribution in [-0.2, 0) is 9.13 Å². The highest BCUT2D eigenvalue weighted by Crippen LogP contribution is 2.75. The number of hydrogen-bond acceptors (Lipinski definition) is 2. The van der Waals surface area contributed by atoms with Crippen LogP contribution in [0.4, 0.5) is 0 Å². The predicted octanol–water partition coefficient (Wildman–Crippen LogP) is 9.00. The molecular formula is C25H46O2P2. The summed E-state index contributed by atoms with van der Waals surface area (Å²) < 4.78 is 30.1. The van der Waals surface area contributed by atoms with Crippen molar-refractivity contribution < 1.29 is 9.13 Å². The van der Waals surface area contributed by atoms with Crippen molar-refractivity contribution >= 4 is 14.3 Å². The van der Waals surface area contributed by atoms with Crippen molar-refractivity contribution in [1.29, 1.82) is 0 Å². The van der Waals surface area contributed by atoms with Crippen molar-refractivity contribution in [2.45, 2.75) is 151 Å². The van der Waals surface area contributed by atoms with Crippen molar-refractivity contribution in [3.05, 3.63) is 0 Å². The summed E-state index contributed by atoms with van der Waals surface area (Å²) in [6, 6.07) is 0. The van der Waals surface area contributed by atoms with Gasteiger partial charge in [-0.25, -0.2) is 0 Å². The molecule has 0 radical (unpaired) electrons. The van der Waals surface area contributed by atoms with Gasteiger partial charge in [-0.2, -0.15) is 0 Å². The lowest BCUT2D eigenvalue weighted by atomic mass is 9.99. The van der Waals surface area contributed by atoms with E-state index < -0.39 is 14.3 Å². The summed E-state index contributed by atoms with van der Waals surface area (Å²) in [5, 5.41) is 0. The van der Waals surface area contributed by atoms with Crippen LogP contribution in [0, 0.1) is 0 Å². The summed E-state index contributed by atoms with van der Waals surface area (Å²) in [5.74, 6) is 0.699. The molecule has 4 heteroatoms. The third kappa shape index (κ3) is 5.11. The van der Waals surface area contributed by atoms with Gasteiger partial charge in [-0.15, -0.1) is 0 Å². The van der Waals surface area contributed by atoms with Crippen LogP contribution in [0.2, 0.25) is 0 Å². The Labute approximate surface area is 180 Å². The molecule has 4 aliphatic rings. The Morgan fingerprint density at radius 3 is 0.793 bits per heavy atom. The van der Waals surface area contributed by atoms with Crippen LogP contribution in [0.15, 0.2) is 0 Å². The molecule has 0 aromatic heterocycles. The highest BCUT2D eigenvalue weighted by Gasteiger charge is 2.50. The van der Waals surface area contributed by atoms with E-state index in [1.165, 1.54) is 128 Å². The Hall–Kier alpha value is 0.460. The zero-order valence-electron chi connectivity index (χ0n) is 18.9. The van der Waals surface area contributed by atoms with Crippen molar-refractivity contribution in [3.8, 4) is 0 Å². The minimum absolute atomic E-state index is 0.417. The van der Waals surface area contributed by atoms with E-state index in [4.69, 9.17) is 0 Å². The molecule has 0 spiro atoms. The molecule has 4 saturated carbocycles. The molecule has 0 unspecified atom stereocenters. The molecule has 0 aliphatic heterocycles. The van der Waals surface area contributed by atoms with E-state index in [1.807, 2.05) is 0 Å². The smallest absolute Gasteiger partial charge is 0.101 e. The van der Waals surface area contributed by atoms with E-state index in [0.29, 0.717) is 28.5 Å². The Morgan fingerprint density at radius 2 is 0.586 bits per heavy atom. The third-order valence-corrected chi connectivity index (χ3v) is 19.8. The Balaban J connectivity index is 1.65. The molecule has 2 nitrogen and oxygen atoms in total.